The van der Waals surface area contributed by atoms with Crippen LogP contribution in [0.4, 0.5) is 0 Å². The molecule has 0 amide bonds. The van der Waals surface area contributed by atoms with Crippen LogP contribution in [0.25, 0.3) is 0 Å². The molecule has 0 aliphatic carbocycles. The predicted molar refractivity (Wildman–Crippen MR) is 82.7 cm³/mol. The van der Waals surface area contributed by atoms with E-state index in [9.17, 15) is 19.8 Å². The first-order valence-electron chi connectivity index (χ1n) is 6.74. The molecule has 0 heterocycles. The standard InChI is InChI=1S/C18H16O4/c1-13(16(19)20)18(17(21)22,15-10-6-3-7-11-15)12-14-8-4-2-5-9-14/h2-11H,1,12H2,(H,19,20)(H,21,22). The zero-order valence-corrected chi connectivity index (χ0v) is 11.9. The van der Waals surface area contributed by atoms with Crippen molar-refractivity contribution in [2.24, 2.45) is 0 Å². The van der Waals surface area contributed by atoms with Gasteiger partial charge in [-0.25, -0.2) is 4.79 Å². The summed E-state index contributed by atoms with van der Waals surface area (Å²) in [5, 5.41) is 19.2. The minimum Gasteiger partial charge on any atom is -0.480 e. The molecule has 112 valence electrons. The van der Waals surface area contributed by atoms with Crippen molar-refractivity contribution in [3.05, 3.63) is 83.9 Å². The molecule has 0 spiro atoms. The van der Waals surface area contributed by atoms with E-state index in [4.69, 9.17) is 0 Å². The second-order valence-corrected chi connectivity index (χ2v) is 5.02. The summed E-state index contributed by atoms with van der Waals surface area (Å²) in [6.07, 6.45) is 0.0261. The molecule has 22 heavy (non-hydrogen) atoms. The molecule has 2 aromatic rings. The lowest BCUT2D eigenvalue weighted by molar-refractivity contribution is -0.145. The summed E-state index contributed by atoms with van der Waals surface area (Å²) in [5.74, 6) is -2.54. The van der Waals surface area contributed by atoms with Crippen molar-refractivity contribution in [3.63, 3.8) is 0 Å². The molecule has 0 bridgehead atoms. The highest BCUT2D eigenvalue weighted by Gasteiger charge is 2.46. The quantitative estimate of drug-likeness (QED) is 0.804. The zero-order chi connectivity index (χ0) is 16.2. The molecule has 0 fully saturated rings. The van der Waals surface area contributed by atoms with E-state index in [0.717, 1.165) is 5.56 Å². The first-order chi connectivity index (χ1) is 10.5. The van der Waals surface area contributed by atoms with Gasteiger partial charge in [-0.1, -0.05) is 67.2 Å². The second-order valence-electron chi connectivity index (χ2n) is 5.02. The zero-order valence-electron chi connectivity index (χ0n) is 11.9. The minimum absolute atomic E-state index is 0.0261. The van der Waals surface area contributed by atoms with Gasteiger partial charge in [-0.3, -0.25) is 4.79 Å². The molecule has 1 atom stereocenters. The fourth-order valence-corrected chi connectivity index (χ4v) is 2.52. The molecule has 4 nitrogen and oxygen atoms in total. The van der Waals surface area contributed by atoms with E-state index in [1.165, 1.54) is 0 Å². The maximum absolute atomic E-state index is 12.0. The van der Waals surface area contributed by atoms with Crippen LogP contribution in [-0.2, 0) is 21.4 Å². The van der Waals surface area contributed by atoms with Gasteiger partial charge in [-0.2, -0.15) is 0 Å². The lowest BCUT2D eigenvalue weighted by atomic mass is 9.70. The summed E-state index contributed by atoms with van der Waals surface area (Å²) in [7, 11) is 0. The number of rotatable bonds is 6. The van der Waals surface area contributed by atoms with E-state index in [-0.39, 0.29) is 12.0 Å². The third-order valence-electron chi connectivity index (χ3n) is 3.72. The Hall–Kier alpha value is -2.88. The van der Waals surface area contributed by atoms with Crippen molar-refractivity contribution in [1.29, 1.82) is 0 Å². The molecule has 0 aliphatic heterocycles. The van der Waals surface area contributed by atoms with E-state index < -0.39 is 17.4 Å². The summed E-state index contributed by atoms with van der Waals surface area (Å²) in [6.45, 7) is 3.54. The first-order valence-corrected chi connectivity index (χ1v) is 6.74. The van der Waals surface area contributed by atoms with E-state index >= 15 is 0 Å². The largest absolute Gasteiger partial charge is 0.480 e. The third kappa shape index (κ3) is 2.76. The van der Waals surface area contributed by atoms with Gasteiger partial charge in [0.1, 0.15) is 5.41 Å². The maximum Gasteiger partial charge on any atom is 0.332 e. The summed E-state index contributed by atoms with van der Waals surface area (Å²) in [5.41, 5.74) is -0.918. The Morgan fingerprint density at radius 1 is 0.909 bits per heavy atom. The smallest absolute Gasteiger partial charge is 0.332 e. The highest BCUT2D eigenvalue weighted by Crippen LogP contribution is 2.36. The first kappa shape index (κ1) is 15.5. The van der Waals surface area contributed by atoms with Crippen molar-refractivity contribution >= 4 is 11.9 Å². The van der Waals surface area contributed by atoms with Crippen LogP contribution >= 0.6 is 0 Å². The van der Waals surface area contributed by atoms with Crippen molar-refractivity contribution in [2.75, 3.05) is 0 Å². The predicted octanol–water partition coefficient (Wildman–Crippen LogP) is 2.89. The fraction of sp³-hybridized carbons (Fsp3) is 0.111. The maximum atomic E-state index is 12.0. The Morgan fingerprint density at radius 2 is 1.41 bits per heavy atom. The summed E-state index contributed by atoms with van der Waals surface area (Å²) >= 11 is 0. The molecule has 1 unspecified atom stereocenters. The van der Waals surface area contributed by atoms with Gasteiger partial charge >= 0.3 is 11.9 Å². The van der Waals surface area contributed by atoms with E-state index in [1.807, 2.05) is 6.07 Å². The average Bonchev–Trinajstić information content (AvgIpc) is 2.53. The molecular weight excluding hydrogens is 280 g/mol. The molecule has 0 saturated carbocycles. The molecule has 2 rings (SSSR count). The Kier molecular flexibility index (Phi) is 4.41. The topological polar surface area (TPSA) is 74.6 Å². The number of hydrogen-bond donors (Lipinski definition) is 2. The van der Waals surface area contributed by atoms with Crippen molar-refractivity contribution < 1.29 is 19.8 Å². The molecule has 0 saturated heterocycles. The number of carboxylic acids is 2. The molecule has 4 heteroatoms. The molecular formula is C18H16O4. The van der Waals surface area contributed by atoms with Crippen molar-refractivity contribution in [1.82, 2.24) is 0 Å². The van der Waals surface area contributed by atoms with Crippen LogP contribution in [0.3, 0.4) is 0 Å². The number of aliphatic carboxylic acids is 2. The van der Waals surface area contributed by atoms with Crippen LogP contribution in [0, 0.1) is 0 Å². The average molecular weight is 296 g/mol. The molecule has 0 radical (unpaired) electrons. The van der Waals surface area contributed by atoms with Crippen molar-refractivity contribution in [2.45, 2.75) is 11.8 Å². The van der Waals surface area contributed by atoms with Crippen LogP contribution in [-0.4, -0.2) is 22.2 Å². The van der Waals surface area contributed by atoms with Gasteiger partial charge < -0.3 is 10.2 Å². The Morgan fingerprint density at radius 3 is 1.86 bits per heavy atom. The van der Waals surface area contributed by atoms with Gasteiger partial charge in [0.05, 0.1) is 5.57 Å². The van der Waals surface area contributed by atoms with Crippen LogP contribution in [0.2, 0.25) is 0 Å². The highest BCUT2D eigenvalue weighted by atomic mass is 16.4. The molecule has 2 N–H and O–H groups in total. The van der Waals surface area contributed by atoms with Gasteiger partial charge in [0.15, 0.2) is 0 Å². The minimum atomic E-state index is -1.70. The fourth-order valence-electron chi connectivity index (χ4n) is 2.52. The lowest BCUT2D eigenvalue weighted by Crippen LogP contribution is -2.42. The highest BCUT2D eigenvalue weighted by molar-refractivity contribution is 6.00. The summed E-state index contributed by atoms with van der Waals surface area (Å²) in [6, 6.07) is 17.3. The third-order valence-corrected chi connectivity index (χ3v) is 3.72. The van der Waals surface area contributed by atoms with Crippen LogP contribution in [0.5, 0.6) is 0 Å². The van der Waals surface area contributed by atoms with Gasteiger partial charge in [0.25, 0.3) is 0 Å². The Balaban J connectivity index is 2.63. The number of carbonyl (C=O) groups is 2. The number of carboxylic acid groups (broad SMARTS) is 2. The molecule has 0 aliphatic rings. The van der Waals surface area contributed by atoms with E-state index in [2.05, 4.69) is 6.58 Å². The van der Waals surface area contributed by atoms with Crippen molar-refractivity contribution in [3.8, 4) is 0 Å². The van der Waals surface area contributed by atoms with Gasteiger partial charge in [0.2, 0.25) is 0 Å². The summed E-state index contributed by atoms with van der Waals surface area (Å²) < 4.78 is 0. The summed E-state index contributed by atoms with van der Waals surface area (Å²) in [4.78, 5) is 23.5. The lowest BCUT2D eigenvalue weighted by Gasteiger charge is -2.30. The monoisotopic (exact) mass is 296 g/mol. The Labute approximate surface area is 128 Å². The number of benzene rings is 2. The SMILES string of the molecule is C=C(C(=O)O)C(Cc1ccccc1)(C(=O)O)c1ccccc1. The van der Waals surface area contributed by atoms with Crippen LogP contribution in [0.1, 0.15) is 11.1 Å². The molecule has 0 aromatic heterocycles. The normalized spacial score (nSPS) is 13.1. The van der Waals surface area contributed by atoms with Gasteiger partial charge in [0, 0.05) is 0 Å². The van der Waals surface area contributed by atoms with Crippen LogP contribution < -0.4 is 0 Å². The number of hydrogen-bond acceptors (Lipinski definition) is 2. The van der Waals surface area contributed by atoms with E-state index in [0.29, 0.717) is 5.56 Å². The Bertz CT molecular complexity index is 692. The van der Waals surface area contributed by atoms with Gasteiger partial charge in [-0.05, 0) is 17.5 Å². The van der Waals surface area contributed by atoms with Crippen LogP contribution in [0.15, 0.2) is 72.8 Å². The van der Waals surface area contributed by atoms with E-state index in [1.54, 1.807) is 54.6 Å². The van der Waals surface area contributed by atoms with Gasteiger partial charge in [-0.15, -0.1) is 0 Å². The second kappa shape index (κ2) is 6.26. The molecule has 2 aromatic carbocycles.